The summed E-state index contributed by atoms with van der Waals surface area (Å²) < 4.78 is 7.13. The molecule has 1 amide bonds. The first-order valence-corrected chi connectivity index (χ1v) is 9.15. The van der Waals surface area contributed by atoms with Gasteiger partial charge in [-0.05, 0) is 53.8 Å². The van der Waals surface area contributed by atoms with Crippen LogP contribution in [0, 0.1) is 10.5 Å². The van der Waals surface area contributed by atoms with Gasteiger partial charge in [0.05, 0.1) is 11.6 Å². The van der Waals surface area contributed by atoms with E-state index in [1.165, 1.54) is 11.8 Å². The predicted molar refractivity (Wildman–Crippen MR) is 106 cm³/mol. The normalized spacial score (nSPS) is 16.4. The molecule has 0 unspecified atom stereocenters. The number of thioether (sulfide) groups is 1. The Kier molecular flexibility index (Phi) is 5.08. The lowest BCUT2D eigenvalue weighted by Gasteiger charge is -2.16. The molecule has 2 heterocycles. The number of rotatable bonds is 4. The van der Waals surface area contributed by atoms with Gasteiger partial charge >= 0.3 is 0 Å². The van der Waals surface area contributed by atoms with Gasteiger partial charge in [0.2, 0.25) is 0 Å². The van der Waals surface area contributed by atoms with Crippen molar-refractivity contribution < 1.29 is 9.21 Å². The number of aryl methyl sites for hydroxylation is 1. The van der Waals surface area contributed by atoms with Crippen molar-refractivity contribution in [2.24, 2.45) is 0 Å². The highest BCUT2D eigenvalue weighted by atomic mass is 127. The number of para-hydroxylation sites is 1. The Bertz CT molecular complexity index is 801. The molecular formula is C16H13IN2O2S2. The molecular weight excluding hydrogens is 443 g/mol. The van der Waals surface area contributed by atoms with Crippen LogP contribution in [0.5, 0.6) is 0 Å². The smallest absolute Gasteiger partial charge is 0.267 e. The Balaban J connectivity index is 1.72. The van der Waals surface area contributed by atoms with Gasteiger partial charge in [-0.2, -0.15) is 0 Å². The van der Waals surface area contributed by atoms with E-state index in [1.54, 1.807) is 11.0 Å². The molecule has 1 aromatic carbocycles. The van der Waals surface area contributed by atoms with E-state index in [9.17, 15) is 4.79 Å². The van der Waals surface area contributed by atoms with Crippen molar-refractivity contribution in [3.05, 3.63) is 56.4 Å². The van der Waals surface area contributed by atoms with Crippen LogP contribution in [-0.2, 0) is 4.79 Å². The third-order valence-corrected chi connectivity index (χ3v) is 5.53. The number of anilines is 1. The Morgan fingerprint density at radius 1 is 1.35 bits per heavy atom. The van der Waals surface area contributed by atoms with E-state index in [2.05, 4.69) is 27.9 Å². The third-order valence-electron chi connectivity index (χ3n) is 3.21. The molecule has 1 aliphatic heterocycles. The van der Waals surface area contributed by atoms with Gasteiger partial charge in [-0.1, -0.05) is 36.1 Å². The minimum atomic E-state index is -0.104. The molecule has 1 aromatic heterocycles. The van der Waals surface area contributed by atoms with Gasteiger partial charge in [-0.25, -0.2) is 0 Å². The van der Waals surface area contributed by atoms with Crippen LogP contribution in [0.2, 0.25) is 0 Å². The summed E-state index contributed by atoms with van der Waals surface area (Å²) >= 11 is 8.86. The molecule has 1 saturated heterocycles. The molecule has 3 rings (SSSR count). The lowest BCUT2D eigenvalue weighted by atomic mass is 10.3. The quantitative estimate of drug-likeness (QED) is 0.418. The van der Waals surface area contributed by atoms with Crippen molar-refractivity contribution in [2.75, 3.05) is 12.0 Å². The predicted octanol–water partition coefficient (Wildman–Crippen LogP) is 4.46. The third kappa shape index (κ3) is 3.78. The first-order valence-electron chi connectivity index (χ1n) is 6.85. The molecule has 1 aliphatic rings. The molecule has 1 fully saturated rings. The van der Waals surface area contributed by atoms with E-state index in [-0.39, 0.29) is 5.91 Å². The van der Waals surface area contributed by atoms with Crippen molar-refractivity contribution in [2.45, 2.75) is 6.92 Å². The summed E-state index contributed by atoms with van der Waals surface area (Å²) in [5, 5.41) is 3.25. The molecule has 7 heteroatoms. The largest absolute Gasteiger partial charge is 0.462 e. The second-order valence-corrected chi connectivity index (χ2v) is 7.71. The van der Waals surface area contributed by atoms with Gasteiger partial charge < -0.3 is 9.73 Å². The van der Waals surface area contributed by atoms with Crippen LogP contribution in [0.4, 0.5) is 5.69 Å². The van der Waals surface area contributed by atoms with Gasteiger partial charge in [0.1, 0.15) is 15.8 Å². The monoisotopic (exact) mass is 456 g/mol. The van der Waals surface area contributed by atoms with Crippen molar-refractivity contribution in [3.8, 4) is 0 Å². The standard InChI is InChI=1S/C16H13IN2O2S2/c1-10-6-7-11(21-10)8-14-15(20)19(16(22)23-14)9-18-13-5-3-2-4-12(13)17/h2-8,18H,9H2,1H3/b14-8-. The summed E-state index contributed by atoms with van der Waals surface area (Å²) in [5.74, 6) is 1.37. The Labute approximate surface area is 157 Å². The number of halogens is 1. The fourth-order valence-corrected chi connectivity index (χ4v) is 3.88. The highest BCUT2D eigenvalue weighted by Gasteiger charge is 2.32. The maximum atomic E-state index is 12.5. The van der Waals surface area contributed by atoms with Gasteiger partial charge in [-0.15, -0.1) is 0 Å². The molecule has 0 spiro atoms. The summed E-state index contributed by atoms with van der Waals surface area (Å²) in [6.45, 7) is 2.22. The topological polar surface area (TPSA) is 45.5 Å². The molecule has 2 aromatic rings. The molecule has 4 nitrogen and oxygen atoms in total. The number of carbonyl (C=O) groups is 1. The van der Waals surface area contributed by atoms with Gasteiger partial charge in [0, 0.05) is 15.3 Å². The number of amides is 1. The average Bonchev–Trinajstić information content (AvgIpc) is 3.04. The summed E-state index contributed by atoms with van der Waals surface area (Å²) in [7, 11) is 0. The lowest BCUT2D eigenvalue weighted by Crippen LogP contribution is -2.33. The van der Waals surface area contributed by atoms with E-state index in [0.29, 0.717) is 21.7 Å². The van der Waals surface area contributed by atoms with Crippen LogP contribution in [0.3, 0.4) is 0 Å². The number of thiocarbonyl (C=S) groups is 1. The Morgan fingerprint density at radius 3 is 2.83 bits per heavy atom. The summed E-state index contributed by atoms with van der Waals surface area (Å²) in [6, 6.07) is 11.6. The highest BCUT2D eigenvalue weighted by molar-refractivity contribution is 14.1. The van der Waals surface area contributed by atoms with Crippen LogP contribution in [0.25, 0.3) is 6.08 Å². The summed E-state index contributed by atoms with van der Waals surface area (Å²) in [4.78, 5) is 14.6. The number of hydrogen-bond donors (Lipinski definition) is 1. The van der Waals surface area contributed by atoms with Crippen LogP contribution < -0.4 is 5.32 Å². The molecule has 118 valence electrons. The number of furan rings is 1. The molecule has 1 N–H and O–H groups in total. The first kappa shape index (κ1) is 16.5. The van der Waals surface area contributed by atoms with E-state index in [1.807, 2.05) is 43.3 Å². The zero-order valence-corrected chi connectivity index (χ0v) is 16.0. The lowest BCUT2D eigenvalue weighted by molar-refractivity contribution is -0.121. The number of benzene rings is 1. The van der Waals surface area contributed by atoms with Crippen LogP contribution in [0.15, 0.2) is 45.7 Å². The van der Waals surface area contributed by atoms with E-state index >= 15 is 0 Å². The van der Waals surface area contributed by atoms with Gasteiger partial charge in [0.25, 0.3) is 5.91 Å². The van der Waals surface area contributed by atoms with Crippen molar-refractivity contribution in [3.63, 3.8) is 0 Å². The number of hydrogen-bond acceptors (Lipinski definition) is 5. The zero-order valence-electron chi connectivity index (χ0n) is 12.2. The fourth-order valence-electron chi connectivity index (χ4n) is 2.07. The molecule has 0 saturated carbocycles. The minimum Gasteiger partial charge on any atom is -0.462 e. The van der Waals surface area contributed by atoms with E-state index in [0.717, 1.165) is 15.0 Å². The number of nitrogens with zero attached hydrogens (tertiary/aromatic N) is 1. The Hall–Kier alpha value is -1.32. The van der Waals surface area contributed by atoms with Crippen LogP contribution >= 0.6 is 46.6 Å². The van der Waals surface area contributed by atoms with E-state index in [4.69, 9.17) is 16.6 Å². The van der Waals surface area contributed by atoms with Gasteiger partial charge in [-0.3, -0.25) is 9.69 Å². The first-order chi connectivity index (χ1) is 11.0. The maximum Gasteiger partial charge on any atom is 0.267 e. The van der Waals surface area contributed by atoms with Crippen LogP contribution in [-0.4, -0.2) is 21.8 Å². The van der Waals surface area contributed by atoms with Crippen molar-refractivity contribution in [1.82, 2.24) is 4.90 Å². The number of nitrogens with one attached hydrogen (secondary N) is 1. The second kappa shape index (κ2) is 7.06. The van der Waals surface area contributed by atoms with Crippen LogP contribution in [0.1, 0.15) is 11.5 Å². The molecule has 0 bridgehead atoms. The molecule has 23 heavy (non-hydrogen) atoms. The molecule has 0 radical (unpaired) electrons. The highest BCUT2D eigenvalue weighted by Crippen LogP contribution is 2.32. The SMILES string of the molecule is Cc1ccc(/C=C2\SC(=S)N(CNc3ccccc3I)C2=O)o1. The summed E-state index contributed by atoms with van der Waals surface area (Å²) in [6.07, 6.45) is 1.73. The van der Waals surface area contributed by atoms with E-state index < -0.39 is 0 Å². The minimum absolute atomic E-state index is 0.104. The zero-order chi connectivity index (χ0) is 16.4. The van der Waals surface area contributed by atoms with Crippen molar-refractivity contribution in [1.29, 1.82) is 0 Å². The van der Waals surface area contributed by atoms with Crippen molar-refractivity contribution >= 4 is 68.6 Å². The molecule has 0 aliphatic carbocycles. The number of carbonyl (C=O) groups excluding carboxylic acids is 1. The Morgan fingerprint density at radius 2 is 2.13 bits per heavy atom. The fraction of sp³-hybridized carbons (Fsp3) is 0.125. The average molecular weight is 456 g/mol. The second-order valence-electron chi connectivity index (χ2n) is 4.87. The summed E-state index contributed by atoms with van der Waals surface area (Å²) in [5.41, 5.74) is 0.979. The van der Waals surface area contributed by atoms with Gasteiger partial charge in [0.15, 0.2) is 0 Å². The maximum absolute atomic E-state index is 12.5. The molecule has 0 atom stereocenters.